The van der Waals surface area contributed by atoms with E-state index in [1.807, 2.05) is 66.9 Å². The predicted molar refractivity (Wildman–Crippen MR) is 128 cm³/mol. The number of carbonyl (C=O) groups is 1. The Labute approximate surface area is 197 Å². The highest BCUT2D eigenvalue weighted by molar-refractivity contribution is 7.10. The molecule has 166 valence electrons. The zero-order valence-corrected chi connectivity index (χ0v) is 19.6. The van der Waals surface area contributed by atoms with Crippen LogP contribution in [-0.2, 0) is 16.1 Å². The maximum atomic E-state index is 13.5. The number of esters is 1. The van der Waals surface area contributed by atoms with Crippen molar-refractivity contribution in [3.63, 3.8) is 0 Å². The number of aryl methyl sites for hydroxylation is 1. The van der Waals surface area contributed by atoms with Crippen molar-refractivity contribution in [3.8, 4) is 0 Å². The molecule has 0 N–H and O–H groups in total. The second-order valence-corrected chi connectivity index (χ2v) is 9.60. The minimum absolute atomic E-state index is 0.149. The van der Waals surface area contributed by atoms with Crippen LogP contribution in [0.15, 0.2) is 85.5 Å². The molecule has 8 heteroatoms. The molecule has 0 saturated carbocycles. The standard InChI is InChI=1S/C25H20N2O4S2/c1-15-10-11-18(31-15)13-20-23(28)27-22(19-9-6-12-32-19)21(16(2)26-25(27)33-20)24(29)30-14-17-7-4-3-5-8-17/h3-13,22H,14H2,1-2H3. The number of nitrogens with zero attached hydrogens (tertiary/aromatic N) is 2. The first kappa shape index (κ1) is 21.4. The SMILES string of the molecule is CC1=C(C(=O)OCc2ccccc2)C(c2cccs2)n2c(sc(=Cc3ccc(C)o3)c2=O)=N1. The number of carbonyl (C=O) groups excluding carboxylic acids is 1. The van der Waals surface area contributed by atoms with Crippen LogP contribution in [0.2, 0.25) is 0 Å². The van der Waals surface area contributed by atoms with E-state index < -0.39 is 12.0 Å². The second kappa shape index (κ2) is 8.80. The van der Waals surface area contributed by atoms with Crippen LogP contribution in [0.3, 0.4) is 0 Å². The molecule has 0 bridgehead atoms. The highest BCUT2D eigenvalue weighted by atomic mass is 32.1. The number of furan rings is 1. The molecule has 33 heavy (non-hydrogen) atoms. The zero-order valence-electron chi connectivity index (χ0n) is 18.0. The highest BCUT2D eigenvalue weighted by Gasteiger charge is 2.34. The summed E-state index contributed by atoms with van der Waals surface area (Å²) in [5.41, 5.74) is 1.60. The van der Waals surface area contributed by atoms with Crippen molar-refractivity contribution in [1.29, 1.82) is 0 Å². The van der Waals surface area contributed by atoms with Crippen molar-refractivity contribution in [3.05, 3.63) is 113 Å². The summed E-state index contributed by atoms with van der Waals surface area (Å²) < 4.78 is 13.3. The third-order valence-electron chi connectivity index (χ3n) is 5.30. The van der Waals surface area contributed by atoms with Gasteiger partial charge in [-0.25, -0.2) is 9.79 Å². The average Bonchev–Trinajstić information content (AvgIpc) is 3.54. The number of hydrogen-bond donors (Lipinski definition) is 0. The van der Waals surface area contributed by atoms with Gasteiger partial charge in [-0.2, -0.15) is 0 Å². The van der Waals surface area contributed by atoms with Gasteiger partial charge in [0, 0.05) is 11.0 Å². The fraction of sp³-hybridized carbons (Fsp3) is 0.160. The Bertz CT molecular complexity index is 1520. The second-order valence-electron chi connectivity index (χ2n) is 7.61. The monoisotopic (exact) mass is 476 g/mol. The maximum absolute atomic E-state index is 13.5. The summed E-state index contributed by atoms with van der Waals surface area (Å²) >= 11 is 2.77. The van der Waals surface area contributed by atoms with E-state index in [1.165, 1.54) is 22.7 Å². The lowest BCUT2D eigenvalue weighted by atomic mass is 10.0. The van der Waals surface area contributed by atoms with Gasteiger partial charge in [0.2, 0.25) is 0 Å². The predicted octanol–water partition coefficient (Wildman–Crippen LogP) is 3.94. The topological polar surface area (TPSA) is 73.8 Å². The number of thiazole rings is 1. The van der Waals surface area contributed by atoms with E-state index in [9.17, 15) is 9.59 Å². The maximum Gasteiger partial charge on any atom is 0.338 e. The first-order valence-electron chi connectivity index (χ1n) is 10.3. The Morgan fingerprint density at radius 1 is 1.15 bits per heavy atom. The summed E-state index contributed by atoms with van der Waals surface area (Å²) in [6, 6.07) is 16.4. The Morgan fingerprint density at radius 2 is 1.97 bits per heavy atom. The molecule has 1 aliphatic rings. The number of rotatable bonds is 5. The molecule has 0 amide bonds. The van der Waals surface area contributed by atoms with Gasteiger partial charge in [-0.3, -0.25) is 9.36 Å². The van der Waals surface area contributed by atoms with Crippen molar-refractivity contribution in [2.75, 3.05) is 0 Å². The zero-order chi connectivity index (χ0) is 22.9. The first-order chi connectivity index (χ1) is 16.0. The molecule has 1 aromatic carbocycles. The summed E-state index contributed by atoms with van der Waals surface area (Å²) in [4.78, 5) is 32.7. The van der Waals surface area contributed by atoms with Crippen LogP contribution in [0.4, 0.5) is 0 Å². The Balaban J connectivity index is 1.58. The van der Waals surface area contributed by atoms with Gasteiger partial charge in [0.05, 0.1) is 15.8 Å². The minimum atomic E-state index is -0.593. The largest absolute Gasteiger partial charge is 0.462 e. The fourth-order valence-corrected chi connectivity index (χ4v) is 5.61. The Hall–Kier alpha value is -3.49. The minimum Gasteiger partial charge on any atom is -0.462 e. The van der Waals surface area contributed by atoms with Crippen LogP contribution in [0.1, 0.15) is 34.9 Å². The molecule has 0 aliphatic carbocycles. The molecule has 4 heterocycles. The van der Waals surface area contributed by atoms with Crippen LogP contribution in [0.25, 0.3) is 6.08 Å². The molecule has 1 aliphatic heterocycles. The van der Waals surface area contributed by atoms with Crippen LogP contribution < -0.4 is 14.9 Å². The summed E-state index contributed by atoms with van der Waals surface area (Å²) in [5.74, 6) is 0.892. The molecule has 0 saturated heterocycles. The van der Waals surface area contributed by atoms with Gasteiger partial charge < -0.3 is 9.15 Å². The molecular formula is C25H20N2O4S2. The lowest BCUT2D eigenvalue weighted by molar-refractivity contribution is -0.140. The summed E-state index contributed by atoms with van der Waals surface area (Å²) in [5, 5.41) is 1.93. The van der Waals surface area contributed by atoms with Gasteiger partial charge in [-0.15, -0.1) is 11.3 Å². The van der Waals surface area contributed by atoms with Crippen LogP contribution in [-0.4, -0.2) is 10.5 Å². The van der Waals surface area contributed by atoms with Crippen molar-refractivity contribution in [2.24, 2.45) is 4.99 Å². The van der Waals surface area contributed by atoms with Crippen LogP contribution in [0, 0.1) is 6.92 Å². The van der Waals surface area contributed by atoms with Gasteiger partial charge in [0.1, 0.15) is 24.2 Å². The third-order valence-corrected chi connectivity index (χ3v) is 7.21. The first-order valence-corrected chi connectivity index (χ1v) is 12.0. The van der Waals surface area contributed by atoms with Gasteiger partial charge in [-0.1, -0.05) is 47.7 Å². The molecule has 0 radical (unpaired) electrons. The molecule has 5 rings (SSSR count). The van der Waals surface area contributed by atoms with E-state index in [0.717, 1.165) is 16.2 Å². The van der Waals surface area contributed by atoms with E-state index >= 15 is 0 Å². The molecule has 3 aromatic heterocycles. The molecule has 1 unspecified atom stereocenters. The van der Waals surface area contributed by atoms with Gasteiger partial charge in [-0.05, 0) is 43.0 Å². The molecule has 1 atom stereocenters. The smallest absolute Gasteiger partial charge is 0.338 e. The van der Waals surface area contributed by atoms with Crippen molar-refractivity contribution in [2.45, 2.75) is 26.5 Å². The van der Waals surface area contributed by atoms with Gasteiger partial charge in [0.25, 0.3) is 5.56 Å². The number of allylic oxidation sites excluding steroid dienone is 1. The Kier molecular flexibility index (Phi) is 5.70. The number of benzene rings is 1. The van der Waals surface area contributed by atoms with E-state index in [-0.39, 0.29) is 12.2 Å². The van der Waals surface area contributed by atoms with Crippen molar-refractivity contribution >= 4 is 34.7 Å². The van der Waals surface area contributed by atoms with Gasteiger partial charge in [0.15, 0.2) is 4.80 Å². The molecule has 6 nitrogen and oxygen atoms in total. The highest BCUT2D eigenvalue weighted by Crippen LogP contribution is 2.33. The van der Waals surface area contributed by atoms with Crippen molar-refractivity contribution < 1.29 is 13.9 Å². The number of fused-ring (bicyclic) bond motifs is 1. The molecule has 4 aromatic rings. The van der Waals surface area contributed by atoms with E-state index in [2.05, 4.69) is 4.99 Å². The van der Waals surface area contributed by atoms with Crippen LogP contribution >= 0.6 is 22.7 Å². The summed E-state index contributed by atoms with van der Waals surface area (Å²) in [7, 11) is 0. The number of ether oxygens (including phenoxy) is 1. The number of thiophene rings is 1. The summed E-state index contributed by atoms with van der Waals surface area (Å²) in [6.45, 7) is 3.79. The lowest BCUT2D eigenvalue weighted by Crippen LogP contribution is -2.39. The molecule has 0 spiro atoms. The molecular weight excluding hydrogens is 456 g/mol. The molecule has 0 fully saturated rings. The van der Waals surface area contributed by atoms with Crippen molar-refractivity contribution in [1.82, 2.24) is 4.57 Å². The average molecular weight is 477 g/mol. The van der Waals surface area contributed by atoms with E-state index in [4.69, 9.17) is 9.15 Å². The lowest BCUT2D eigenvalue weighted by Gasteiger charge is -2.23. The van der Waals surface area contributed by atoms with E-state index in [1.54, 1.807) is 17.6 Å². The number of hydrogen-bond acceptors (Lipinski definition) is 7. The fourth-order valence-electron chi connectivity index (χ4n) is 3.76. The summed E-state index contributed by atoms with van der Waals surface area (Å²) in [6.07, 6.45) is 1.72. The quantitative estimate of drug-likeness (QED) is 0.409. The third kappa shape index (κ3) is 4.15. The van der Waals surface area contributed by atoms with Crippen LogP contribution in [0.5, 0.6) is 0 Å². The normalized spacial score (nSPS) is 15.9. The van der Waals surface area contributed by atoms with Gasteiger partial charge >= 0.3 is 5.97 Å². The number of aromatic nitrogens is 1. The Morgan fingerprint density at radius 3 is 2.67 bits per heavy atom. The van der Waals surface area contributed by atoms with E-state index in [0.29, 0.717) is 26.4 Å².